The molecule has 6 nitrogen and oxygen atoms in total. The van der Waals surface area contributed by atoms with Gasteiger partial charge < -0.3 is 14.6 Å². The van der Waals surface area contributed by atoms with E-state index in [1.807, 2.05) is 0 Å². The number of hydrogen-bond donors (Lipinski definition) is 1. The van der Waals surface area contributed by atoms with Crippen LogP contribution in [-0.2, 0) is 23.9 Å². The maximum absolute atomic E-state index is 10.5. The summed E-state index contributed by atoms with van der Waals surface area (Å²) in [6.07, 6.45) is -0.767. The number of cyclic esters (lactones) is 2. The van der Waals surface area contributed by atoms with Crippen molar-refractivity contribution in [3.8, 4) is 0 Å². The summed E-state index contributed by atoms with van der Waals surface area (Å²) in [6.45, 7) is 8.05. The number of carbonyl (C=O) groups excluding carboxylic acids is 3. The van der Waals surface area contributed by atoms with E-state index < -0.39 is 24.0 Å². The van der Waals surface area contributed by atoms with Gasteiger partial charge in [0.05, 0.1) is 25.2 Å². The third kappa shape index (κ3) is 5.07. The molecule has 0 radical (unpaired) electrons. The average molecular weight is 242 g/mol. The van der Waals surface area contributed by atoms with Crippen molar-refractivity contribution in [3.05, 3.63) is 24.3 Å². The molecule has 0 spiro atoms. The second-order valence-electron chi connectivity index (χ2n) is 3.23. The first-order valence-corrected chi connectivity index (χ1v) is 4.67. The first-order chi connectivity index (χ1) is 7.79. The van der Waals surface area contributed by atoms with Crippen LogP contribution in [0.3, 0.4) is 0 Å². The summed E-state index contributed by atoms with van der Waals surface area (Å²) < 4.78 is 8.37. The van der Waals surface area contributed by atoms with Crippen molar-refractivity contribution < 1.29 is 29.0 Å². The third-order valence-corrected chi connectivity index (χ3v) is 1.80. The van der Waals surface area contributed by atoms with Crippen LogP contribution in [-0.4, -0.2) is 36.2 Å². The molecule has 1 aliphatic rings. The lowest BCUT2D eigenvalue weighted by Gasteiger charge is -2.03. The Morgan fingerprint density at radius 3 is 2.18 bits per heavy atom. The van der Waals surface area contributed by atoms with E-state index in [-0.39, 0.29) is 17.6 Å². The van der Waals surface area contributed by atoms with Gasteiger partial charge in [-0.3, -0.25) is 4.79 Å². The molecule has 1 aliphatic heterocycles. The van der Waals surface area contributed by atoms with Crippen LogP contribution < -0.4 is 0 Å². The number of hydrogen-bond acceptors (Lipinski definition) is 6. The smallest absolute Gasteiger partial charge is 0.341 e. The number of aliphatic hydroxyl groups is 1. The van der Waals surface area contributed by atoms with Gasteiger partial charge in [-0.2, -0.15) is 0 Å². The van der Waals surface area contributed by atoms with E-state index in [2.05, 4.69) is 22.6 Å². The van der Waals surface area contributed by atoms with Crippen molar-refractivity contribution >= 4 is 17.9 Å². The standard InChI is InChI=1S/C6H10O3.C5H4O3/c1-4(5(2)7)6(8)9-3;1-3-2-4(6)8-5(3)7/h5,7H,1H2,2-3H3;1-2H2. The maximum atomic E-state index is 10.5. The highest BCUT2D eigenvalue weighted by molar-refractivity contribution is 6.05. The summed E-state index contributed by atoms with van der Waals surface area (Å²) in [5.74, 6) is -1.65. The molecular weight excluding hydrogens is 228 g/mol. The van der Waals surface area contributed by atoms with E-state index in [0.29, 0.717) is 0 Å². The molecule has 0 bridgehead atoms. The fraction of sp³-hybridized carbons (Fsp3) is 0.364. The van der Waals surface area contributed by atoms with Gasteiger partial charge in [-0.25, -0.2) is 9.59 Å². The van der Waals surface area contributed by atoms with E-state index >= 15 is 0 Å². The summed E-state index contributed by atoms with van der Waals surface area (Å²) in [6, 6.07) is 0. The zero-order valence-electron chi connectivity index (χ0n) is 9.69. The zero-order valence-corrected chi connectivity index (χ0v) is 9.69. The number of esters is 3. The molecule has 1 fully saturated rings. The van der Waals surface area contributed by atoms with Crippen LogP contribution in [0.25, 0.3) is 0 Å². The highest BCUT2D eigenvalue weighted by atomic mass is 16.6. The van der Waals surface area contributed by atoms with E-state index in [0.717, 1.165) is 0 Å². The van der Waals surface area contributed by atoms with E-state index in [4.69, 9.17) is 5.11 Å². The summed E-state index contributed by atoms with van der Waals surface area (Å²) in [4.78, 5) is 30.9. The number of carbonyl (C=O) groups is 3. The van der Waals surface area contributed by atoms with Gasteiger partial charge in [-0.05, 0) is 6.92 Å². The van der Waals surface area contributed by atoms with Gasteiger partial charge in [0.15, 0.2) is 0 Å². The number of aliphatic hydroxyl groups excluding tert-OH is 1. The molecule has 0 aromatic heterocycles. The van der Waals surface area contributed by atoms with Gasteiger partial charge >= 0.3 is 17.9 Å². The molecule has 1 N–H and O–H groups in total. The van der Waals surface area contributed by atoms with Crippen LogP contribution >= 0.6 is 0 Å². The molecule has 6 heteroatoms. The highest BCUT2D eigenvalue weighted by Crippen LogP contribution is 2.10. The van der Waals surface area contributed by atoms with Crippen molar-refractivity contribution in [2.45, 2.75) is 19.4 Å². The SMILES string of the molecule is C=C(C(=O)OC)C(C)O.C=C1CC(=O)OC1=O. The number of rotatable bonds is 2. The van der Waals surface area contributed by atoms with Gasteiger partial charge in [0, 0.05) is 5.57 Å². The molecular formula is C11H14O6. The van der Waals surface area contributed by atoms with Crippen molar-refractivity contribution in [3.63, 3.8) is 0 Å². The van der Waals surface area contributed by atoms with Crippen molar-refractivity contribution in [1.82, 2.24) is 0 Å². The molecule has 0 aliphatic carbocycles. The van der Waals surface area contributed by atoms with E-state index in [9.17, 15) is 14.4 Å². The monoisotopic (exact) mass is 242 g/mol. The molecule has 1 heterocycles. The molecule has 0 amide bonds. The van der Waals surface area contributed by atoms with Crippen molar-refractivity contribution in [1.29, 1.82) is 0 Å². The summed E-state index contributed by atoms with van der Waals surface area (Å²) in [7, 11) is 1.25. The minimum atomic E-state index is -0.822. The van der Waals surface area contributed by atoms with E-state index in [1.165, 1.54) is 14.0 Å². The van der Waals surface area contributed by atoms with E-state index in [1.54, 1.807) is 0 Å². The van der Waals surface area contributed by atoms with Crippen LogP contribution in [0, 0.1) is 0 Å². The predicted octanol–water partition coefficient (Wildman–Crippen LogP) is 0.112. The Kier molecular flexibility index (Phi) is 5.84. The van der Waals surface area contributed by atoms with Gasteiger partial charge in [0.1, 0.15) is 0 Å². The number of methoxy groups -OCH3 is 1. The average Bonchev–Trinajstić information content (AvgIpc) is 2.54. The Morgan fingerprint density at radius 2 is 2.06 bits per heavy atom. The Balaban J connectivity index is 0.000000302. The Labute approximate surface area is 98.5 Å². The molecule has 1 rings (SSSR count). The lowest BCUT2D eigenvalue weighted by atomic mass is 10.2. The molecule has 0 aromatic carbocycles. The summed E-state index contributed by atoms with van der Waals surface area (Å²) >= 11 is 0. The molecule has 94 valence electrons. The molecule has 0 aromatic rings. The first-order valence-electron chi connectivity index (χ1n) is 4.67. The molecule has 0 saturated carbocycles. The van der Waals surface area contributed by atoms with Gasteiger partial charge in [-0.15, -0.1) is 0 Å². The Morgan fingerprint density at radius 1 is 1.53 bits per heavy atom. The Hall–Kier alpha value is -1.95. The molecule has 1 saturated heterocycles. The first kappa shape index (κ1) is 15.0. The predicted molar refractivity (Wildman–Crippen MR) is 57.7 cm³/mol. The quantitative estimate of drug-likeness (QED) is 0.420. The number of ether oxygens (including phenoxy) is 2. The lowest BCUT2D eigenvalue weighted by Crippen LogP contribution is -2.14. The molecule has 17 heavy (non-hydrogen) atoms. The third-order valence-electron chi connectivity index (χ3n) is 1.80. The minimum Gasteiger partial charge on any atom is -0.466 e. The largest absolute Gasteiger partial charge is 0.466 e. The molecule has 1 atom stereocenters. The summed E-state index contributed by atoms with van der Waals surface area (Å²) in [5, 5.41) is 8.72. The van der Waals surface area contributed by atoms with Crippen LogP contribution in [0.15, 0.2) is 24.3 Å². The van der Waals surface area contributed by atoms with Gasteiger partial charge in [0.2, 0.25) is 0 Å². The van der Waals surface area contributed by atoms with Crippen LogP contribution in [0.4, 0.5) is 0 Å². The normalized spacial score (nSPS) is 15.6. The van der Waals surface area contributed by atoms with Crippen molar-refractivity contribution in [2.24, 2.45) is 0 Å². The topological polar surface area (TPSA) is 89.9 Å². The fourth-order valence-electron chi connectivity index (χ4n) is 0.760. The van der Waals surface area contributed by atoms with Crippen LogP contribution in [0.5, 0.6) is 0 Å². The maximum Gasteiger partial charge on any atom is 0.341 e. The van der Waals surface area contributed by atoms with Crippen molar-refractivity contribution in [2.75, 3.05) is 7.11 Å². The summed E-state index contributed by atoms with van der Waals surface area (Å²) in [5.41, 5.74) is 0.326. The lowest BCUT2D eigenvalue weighted by molar-refractivity contribution is -0.151. The van der Waals surface area contributed by atoms with Gasteiger partial charge in [-0.1, -0.05) is 13.2 Å². The highest BCUT2D eigenvalue weighted by Gasteiger charge is 2.24. The van der Waals surface area contributed by atoms with Crippen LogP contribution in [0.1, 0.15) is 13.3 Å². The fourth-order valence-corrected chi connectivity index (χ4v) is 0.760. The minimum absolute atomic E-state index is 0.0544. The van der Waals surface area contributed by atoms with Crippen LogP contribution in [0.2, 0.25) is 0 Å². The molecule has 1 unspecified atom stereocenters. The Bertz CT molecular complexity index is 348. The zero-order chi connectivity index (χ0) is 13.6. The second-order valence-corrected chi connectivity index (χ2v) is 3.23. The van der Waals surface area contributed by atoms with Gasteiger partial charge in [0.25, 0.3) is 0 Å². The second kappa shape index (κ2) is 6.59.